The fourth-order valence-corrected chi connectivity index (χ4v) is 0.572. The van der Waals surface area contributed by atoms with E-state index in [1.165, 1.54) is 0 Å². The Kier molecular flexibility index (Phi) is 8.11. The highest BCUT2D eigenvalue weighted by atomic mass is 16.5. The second kappa shape index (κ2) is 8.52. The molecule has 0 fully saturated rings. The van der Waals surface area contributed by atoms with Gasteiger partial charge in [-0.25, -0.2) is 0 Å². The van der Waals surface area contributed by atoms with Gasteiger partial charge in [-0.15, -0.1) is 12.3 Å². The molecular formula is C9H15O. The molecule has 0 aromatic rings. The van der Waals surface area contributed by atoms with Crippen LogP contribution < -0.4 is 0 Å². The first-order valence-electron chi connectivity index (χ1n) is 3.78. The van der Waals surface area contributed by atoms with Gasteiger partial charge in [0, 0.05) is 13.0 Å². The highest BCUT2D eigenvalue weighted by Gasteiger charge is 1.86. The van der Waals surface area contributed by atoms with E-state index in [0.717, 1.165) is 32.3 Å². The molecule has 57 valence electrons. The van der Waals surface area contributed by atoms with Crippen LogP contribution in [0.1, 0.15) is 32.6 Å². The molecule has 0 saturated carbocycles. The molecule has 0 aliphatic rings. The number of ether oxygens (including phenoxy) is 1. The molecule has 0 saturated heterocycles. The van der Waals surface area contributed by atoms with Crippen LogP contribution in [0.2, 0.25) is 0 Å². The molecular weight excluding hydrogens is 124 g/mol. The van der Waals surface area contributed by atoms with Gasteiger partial charge in [0.05, 0.1) is 6.61 Å². The van der Waals surface area contributed by atoms with E-state index in [1.54, 1.807) is 0 Å². The summed E-state index contributed by atoms with van der Waals surface area (Å²) < 4.78 is 5.14. The normalized spacial score (nSPS) is 9.20. The van der Waals surface area contributed by atoms with Gasteiger partial charge < -0.3 is 4.74 Å². The lowest BCUT2D eigenvalue weighted by atomic mass is 10.2. The van der Waals surface area contributed by atoms with Crippen molar-refractivity contribution in [2.24, 2.45) is 0 Å². The van der Waals surface area contributed by atoms with Crippen molar-refractivity contribution in [2.45, 2.75) is 32.6 Å². The summed E-state index contributed by atoms with van der Waals surface area (Å²) in [6.45, 7) is 4.77. The number of hydrogen-bond donors (Lipinski definition) is 0. The lowest BCUT2D eigenvalue weighted by Crippen LogP contribution is -1.88. The molecule has 0 N–H and O–H groups in total. The van der Waals surface area contributed by atoms with Crippen molar-refractivity contribution in [3.63, 3.8) is 0 Å². The van der Waals surface area contributed by atoms with Crippen molar-refractivity contribution >= 4 is 0 Å². The Bertz CT molecular complexity index is 91.4. The van der Waals surface area contributed by atoms with Crippen molar-refractivity contribution in [3.8, 4) is 12.3 Å². The number of hydrogen-bond acceptors (Lipinski definition) is 1. The van der Waals surface area contributed by atoms with Crippen LogP contribution in [0, 0.1) is 19.0 Å². The van der Waals surface area contributed by atoms with Gasteiger partial charge in [-0.2, -0.15) is 0 Å². The van der Waals surface area contributed by atoms with Crippen molar-refractivity contribution in [1.82, 2.24) is 0 Å². The SMILES string of the molecule is C#CCCC[CH]OCCC. The summed E-state index contributed by atoms with van der Waals surface area (Å²) in [5.41, 5.74) is 0. The highest BCUT2D eigenvalue weighted by molar-refractivity contribution is 4.83. The zero-order chi connectivity index (χ0) is 7.66. The third-order valence-corrected chi connectivity index (χ3v) is 1.08. The molecule has 0 atom stereocenters. The fourth-order valence-electron chi connectivity index (χ4n) is 0.572. The Balaban J connectivity index is 2.72. The van der Waals surface area contributed by atoms with E-state index in [2.05, 4.69) is 12.8 Å². The third kappa shape index (κ3) is 7.52. The number of unbranched alkanes of at least 4 members (excludes halogenated alkanes) is 2. The Morgan fingerprint density at radius 2 is 2.40 bits per heavy atom. The fraction of sp³-hybridized carbons (Fsp3) is 0.667. The number of rotatable bonds is 6. The standard InChI is InChI=1S/C9H15O/c1-3-5-6-7-9-10-8-4-2/h1,9H,4-8H2,2H3. The lowest BCUT2D eigenvalue weighted by molar-refractivity contribution is 0.191. The summed E-state index contributed by atoms with van der Waals surface area (Å²) >= 11 is 0. The van der Waals surface area contributed by atoms with Crippen molar-refractivity contribution < 1.29 is 4.74 Å². The zero-order valence-corrected chi connectivity index (χ0v) is 6.60. The predicted octanol–water partition coefficient (Wildman–Crippen LogP) is 2.38. The molecule has 0 bridgehead atoms. The van der Waals surface area contributed by atoms with Gasteiger partial charge in [0.1, 0.15) is 0 Å². The van der Waals surface area contributed by atoms with E-state index in [4.69, 9.17) is 11.2 Å². The maximum absolute atomic E-state index is 5.14. The summed E-state index contributed by atoms with van der Waals surface area (Å²) in [5, 5.41) is 0. The molecule has 0 aromatic heterocycles. The molecule has 0 aliphatic carbocycles. The van der Waals surface area contributed by atoms with Crippen LogP contribution in [0.25, 0.3) is 0 Å². The van der Waals surface area contributed by atoms with Gasteiger partial charge >= 0.3 is 0 Å². The van der Waals surface area contributed by atoms with Gasteiger partial charge in [-0.3, -0.25) is 0 Å². The highest BCUT2D eigenvalue weighted by Crippen LogP contribution is 1.98. The Labute approximate surface area is 63.8 Å². The van der Waals surface area contributed by atoms with E-state index in [0.29, 0.717) is 0 Å². The zero-order valence-electron chi connectivity index (χ0n) is 6.60. The molecule has 0 aromatic carbocycles. The van der Waals surface area contributed by atoms with E-state index in [9.17, 15) is 0 Å². The molecule has 1 radical (unpaired) electrons. The monoisotopic (exact) mass is 139 g/mol. The average molecular weight is 139 g/mol. The molecule has 0 heterocycles. The van der Waals surface area contributed by atoms with Gasteiger partial charge in [-0.05, 0) is 19.3 Å². The maximum Gasteiger partial charge on any atom is 0.0837 e. The van der Waals surface area contributed by atoms with Crippen LogP contribution in [-0.4, -0.2) is 6.61 Å². The first-order chi connectivity index (χ1) is 4.91. The minimum absolute atomic E-state index is 0.829. The molecule has 1 heteroatoms. The summed E-state index contributed by atoms with van der Waals surface area (Å²) in [5.74, 6) is 2.58. The summed E-state index contributed by atoms with van der Waals surface area (Å²) in [6, 6.07) is 0. The van der Waals surface area contributed by atoms with Crippen LogP contribution in [0.5, 0.6) is 0 Å². The predicted molar refractivity (Wildman–Crippen MR) is 43.2 cm³/mol. The molecule has 0 amide bonds. The minimum atomic E-state index is 0.829. The van der Waals surface area contributed by atoms with Crippen molar-refractivity contribution in [1.29, 1.82) is 0 Å². The molecule has 0 rings (SSSR count). The summed E-state index contributed by atoms with van der Waals surface area (Å²) in [6.07, 6.45) is 9.01. The van der Waals surface area contributed by atoms with Crippen LogP contribution in [0.4, 0.5) is 0 Å². The Morgan fingerprint density at radius 3 is 3.00 bits per heavy atom. The largest absolute Gasteiger partial charge is 0.376 e. The smallest absolute Gasteiger partial charge is 0.0837 e. The minimum Gasteiger partial charge on any atom is -0.376 e. The topological polar surface area (TPSA) is 9.23 Å². The first-order valence-corrected chi connectivity index (χ1v) is 3.78. The van der Waals surface area contributed by atoms with Crippen molar-refractivity contribution in [2.75, 3.05) is 6.61 Å². The maximum atomic E-state index is 5.14. The van der Waals surface area contributed by atoms with Gasteiger partial charge in [-0.1, -0.05) is 6.92 Å². The molecule has 10 heavy (non-hydrogen) atoms. The van der Waals surface area contributed by atoms with E-state index in [1.807, 2.05) is 6.61 Å². The molecule has 0 aliphatic heterocycles. The molecule has 0 unspecified atom stereocenters. The summed E-state index contributed by atoms with van der Waals surface area (Å²) in [4.78, 5) is 0. The van der Waals surface area contributed by atoms with E-state index >= 15 is 0 Å². The van der Waals surface area contributed by atoms with Crippen LogP contribution >= 0.6 is 0 Å². The van der Waals surface area contributed by atoms with Crippen LogP contribution in [-0.2, 0) is 4.74 Å². The van der Waals surface area contributed by atoms with Gasteiger partial charge in [0.25, 0.3) is 0 Å². The average Bonchev–Trinajstić information content (AvgIpc) is 1.97. The van der Waals surface area contributed by atoms with E-state index in [-0.39, 0.29) is 0 Å². The second-order valence-electron chi connectivity index (χ2n) is 2.13. The number of terminal acetylenes is 1. The molecule has 1 nitrogen and oxygen atoms in total. The first kappa shape index (κ1) is 9.52. The Morgan fingerprint density at radius 1 is 1.60 bits per heavy atom. The lowest BCUT2D eigenvalue weighted by Gasteiger charge is -1.98. The Hall–Kier alpha value is -0.480. The van der Waals surface area contributed by atoms with Crippen LogP contribution in [0.15, 0.2) is 0 Å². The van der Waals surface area contributed by atoms with Crippen molar-refractivity contribution in [3.05, 3.63) is 6.61 Å². The molecule has 0 spiro atoms. The quantitative estimate of drug-likeness (QED) is 0.405. The van der Waals surface area contributed by atoms with Crippen LogP contribution in [0.3, 0.4) is 0 Å². The summed E-state index contributed by atoms with van der Waals surface area (Å²) in [7, 11) is 0. The second-order valence-corrected chi connectivity index (χ2v) is 2.13. The van der Waals surface area contributed by atoms with Gasteiger partial charge in [0.2, 0.25) is 0 Å². The van der Waals surface area contributed by atoms with E-state index < -0.39 is 0 Å². The third-order valence-electron chi connectivity index (χ3n) is 1.08. The van der Waals surface area contributed by atoms with Gasteiger partial charge in [0.15, 0.2) is 0 Å².